The van der Waals surface area contributed by atoms with Gasteiger partial charge in [0.25, 0.3) is 5.91 Å². The highest BCUT2D eigenvalue weighted by Crippen LogP contribution is 2.60. The van der Waals surface area contributed by atoms with Gasteiger partial charge in [-0.2, -0.15) is 0 Å². The van der Waals surface area contributed by atoms with Crippen LogP contribution in [0.4, 0.5) is 5.69 Å². The van der Waals surface area contributed by atoms with Crippen molar-refractivity contribution in [2.24, 2.45) is 23.2 Å². The topological polar surface area (TPSA) is 55.4 Å². The molecule has 5 heteroatoms. The Morgan fingerprint density at radius 2 is 1.76 bits per heavy atom. The van der Waals surface area contributed by atoms with Gasteiger partial charge in [-0.1, -0.05) is 11.6 Å². The van der Waals surface area contributed by atoms with Crippen molar-refractivity contribution < 1.29 is 14.3 Å². The van der Waals surface area contributed by atoms with Gasteiger partial charge in [-0.25, -0.2) is 0 Å². The van der Waals surface area contributed by atoms with Crippen LogP contribution in [0.3, 0.4) is 0 Å². The molecular weight excluding hydrogens is 338 g/mol. The molecular formula is C20H24ClNO3. The van der Waals surface area contributed by atoms with E-state index >= 15 is 0 Å². The molecule has 4 bridgehead atoms. The molecule has 0 atom stereocenters. The molecule has 0 heterocycles. The number of nitrogens with one attached hydrogen (secondary N) is 1. The lowest BCUT2D eigenvalue weighted by Crippen LogP contribution is -2.50. The highest BCUT2D eigenvalue weighted by Gasteiger charge is 2.55. The van der Waals surface area contributed by atoms with Gasteiger partial charge in [0.2, 0.25) is 0 Å². The fraction of sp³-hybridized carbons (Fsp3) is 0.600. The second kappa shape index (κ2) is 6.31. The van der Waals surface area contributed by atoms with E-state index in [0.717, 1.165) is 24.8 Å². The Bertz CT molecular complexity index is 680. The van der Waals surface area contributed by atoms with E-state index in [2.05, 4.69) is 5.32 Å². The molecule has 0 radical (unpaired) electrons. The molecule has 4 nitrogen and oxygen atoms in total. The van der Waals surface area contributed by atoms with Gasteiger partial charge in [0, 0.05) is 10.7 Å². The van der Waals surface area contributed by atoms with Gasteiger partial charge in [-0.3, -0.25) is 9.59 Å². The Balaban J connectivity index is 1.35. The summed E-state index contributed by atoms with van der Waals surface area (Å²) in [4.78, 5) is 24.9. The van der Waals surface area contributed by atoms with Gasteiger partial charge in [0.1, 0.15) is 0 Å². The molecule has 5 rings (SSSR count). The second-order valence-corrected chi connectivity index (χ2v) is 8.72. The summed E-state index contributed by atoms with van der Waals surface area (Å²) in [5, 5.41) is 3.42. The van der Waals surface area contributed by atoms with E-state index in [1.807, 2.05) is 6.92 Å². The highest BCUT2D eigenvalue weighted by molar-refractivity contribution is 6.30. The second-order valence-electron chi connectivity index (χ2n) is 8.28. The van der Waals surface area contributed by atoms with Crippen molar-refractivity contribution in [2.45, 2.75) is 45.4 Å². The van der Waals surface area contributed by atoms with Gasteiger partial charge >= 0.3 is 5.97 Å². The molecule has 0 aliphatic heterocycles. The molecule has 0 aromatic heterocycles. The van der Waals surface area contributed by atoms with Crippen LogP contribution in [0.5, 0.6) is 0 Å². The number of anilines is 1. The quantitative estimate of drug-likeness (QED) is 0.811. The van der Waals surface area contributed by atoms with Crippen LogP contribution in [0.25, 0.3) is 0 Å². The van der Waals surface area contributed by atoms with Crippen LogP contribution in [0.15, 0.2) is 18.2 Å². The number of carbonyl (C=O) groups is 2. The van der Waals surface area contributed by atoms with E-state index in [0.29, 0.717) is 28.5 Å². The van der Waals surface area contributed by atoms with E-state index < -0.39 is 0 Å². The maximum absolute atomic E-state index is 12.7. The minimum Gasteiger partial charge on any atom is -0.455 e. The van der Waals surface area contributed by atoms with E-state index in [1.165, 1.54) is 19.3 Å². The molecule has 1 aromatic rings. The van der Waals surface area contributed by atoms with Gasteiger partial charge < -0.3 is 10.1 Å². The molecule has 1 aromatic carbocycles. The van der Waals surface area contributed by atoms with Crippen molar-refractivity contribution >= 4 is 29.2 Å². The van der Waals surface area contributed by atoms with Gasteiger partial charge in [-0.15, -0.1) is 0 Å². The van der Waals surface area contributed by atoms with Crippen LogP contribution in [0.1, 0.15) is 44.1 Å². The van der Waals surface area contributed by atoms with Crippen LogP contribution in [-0.4, -0.2) is 18.5 Å². The predicted molar refractivity (Wildman–Crippen MR) is 96.4 cm³/mol. The maximum atomic E-state index is 12.7. The monoisotopic (exact) mass is 361 g/mol. The zero-order valence-corrected chi connectivity index (χ0v) is 15.3. The summed E-state index contributed by atoms with van der Waals surface area (Å²) in [5.41, 5.74) is 1.26. The van der Waals surface area contributed by atoms with Gasteiger partial charge in [0.15, 0.2) is 6.61 Å². The minimum atomic E-state index is -0.314. The van der Waals surface area contributed by atoms with Crippen molar-refractivity contribution in [3.63, 3.8) is 0 Å². The number of benzene rings is 1. The normalized spacial score (nSPS) is 32.5. The zero-order valence-electron chi connectivity index (χ0n) is 14.5. The molecule has 4 aliphatic carbocycles. The highest BCUT2D eigenvalue weighted by atomic mass is 35.5. The molecule has 0 unspecified atom stereocenters. The van der Waals surface area contributed by atoms with Crippen LogP contribution in [0, 0.1) is 30.1 Å². The summed E-state index contributed by atoms with van der Waals surface area (Å²) in [6.07, 6.45) is 6.70. The lowest BCUT2D eigenvalue weighted by molar-refractivity contribution is -0.172. The van der Waals surface area contributed by atoms with Gasteiger partial charge in [0.05, 0.1) is 5.41 Å². The molecule has 4 aliphatic rings. The number of carbonyl (C=O) groups excluding carboxylic acids is 2. The SMILES string of the molecule is Cc1cc(Cl)ccc1NC(=O)COC(=O)C12CC3CC(CC(C3)C1)C2. The number of ether oxygens (including phenoxy) is 1. The third-order valence-electron chi connectivity index (χ3n) is 6.27. The van der Waals surface area contributed by atoms with E-state index in [-0.39, 0.29) is 23.9 Å². The number of hydrogen-bond donors (Lipinski definition) is 1. The van der Waals surface area contributed by atoms with E-state index in [9.17, 15) is 9.59 Å². The first-order chi connectivity index (χ1) is 11.9. The maximum Gasteiger partial charge on any atom is 0.312 e. The van der Waals surface area contributed by atoms with E-state index in [1.54, 1.807) is 18.2 Å². The van der Waals surface area contributed by atoms with Crippen molar-refractivity contribution in [1.29, 1.82) is 0 Å². The lowest BCUT2D eigenvalue weighted by atomic mass is 9.49. The standard InChI is InChI=1S/C20H24ClNO3/c1-12-4-16(21)2-3-17(12)22-18(23)11-25-19(24)20-8-13-5-14(9-20)7-15(6-13)10-20/h2-4,13-15H,5-11H2,1H3,(H,22,23). The summed E-state index contributed by atoms with van der Waals surface area (Å²) in [5.74, 6) is 1.59. The molecule has 4 saturated carbocycles. The number of halogens is 1. The molecule has 1 amide bonds. The smallest absolute Gasteiger partial charge is 0.312 e. The van der Waals surface area contributed by atoms with Crippen molar-refractivity contribution in [1.82, 2.24) is 0 Å². The number of amides is 1. The Labute approximate surface area is 153 Å². The van der Waals surface area contributed by atoms with Crippen molar-refractivity contribution in [3.05, 3.63) is 28.8 Å². The van der Waals surface area contributed by atoms with Gasteiger partial charge in [-0.05, 0) is 87.0 Å². The first-order valence-electron chi connectivity index (χ1n) is 9.17. The van der Waals surface area contributed by atoms with Crippen molar-refractivity contribution in [2.75, 3.05) is 11.9 Å². The molecule has 4 fully saturated rings. The summed E-state index contributed by atoms with van der Waals surface area (Å²) >= 11 is 5.92. The first-order valence-corrected chi connectivity index (χ1v) is 9.54. The third-order valence-corrected chi connectivity index (χ3v) is 6.50. The summed E-state index contributed by atoms with van der Waals surface area (Å²) in [6.45, 7) is 1.66. The first kappa shape index (κ1) is 16.9. The largest absolute Gasteiger partial charge is 0.455 e. The Morgan fingerprint density at radius 3 is 2.32 bits per heavy atom. The van der Waals surface area contributed by atoms with E-state index in [4.69, 9.17) is 16.3 Å². The Kier molecular flexibility index (Phi) is 4.27. The fourth-order valence-electron chi connectivity index (χ4n) is 5.60. The van der Waals surface area contributed by atoms with Crippen LogP contribution in [-0.2, 0) is 14.3 Å². The summed E-state index contributed by atoms with van der Waals surface area (Å²) in [6, 6.07) is 5.28. The fourth-order valence-corrected chi connectivity index (χ4v) is 5.83. The number of hydrogen-bond acceptors (Lipinski definition) is 3. The number of rotatable bonds is 4. The molecule has 1 N–H and O–H groups in total. The third kappa shape index (κ3) is 3.29. The molecule has 134 valence electrons. The molecule has 0 spiro atoms. The summed E-state index contributed by atoms with van der Waals surface area (Å²) in [7, 11) is 0. The Hall–Kier alpha value is -1.55. The van der Waals surface area contributed by atoms with Crippen LogP contribution < -0.4 is 5.32 Å². The molecule has 0 saturated heterocycles. The van der Waals surface area contributed by atoms with Crippen LogP contribution >= 0.6 is 11.6 Å². The predicted octanol–water partition coefficient (Wildman–Crippen LogP) is 4.35. The lowest BCUT2D eigenvalue weighted by Gasteiger charge is -2.55. The van der Waals surface area contributed by atoms with Crippen molar-refractivity contribution in [3.8, 4) is 0 Å². The van der Waals surface area contributed by atoms with Crippen LogP contribution in [0.2, 0.25) is 5.02 Å². The Morgan fingerprint density at radius 1 is 1.16 bits per heavy atom. The number of esters is 1. The molecule has 25 heavy (non-hydrogen) atoms. The minimum absolute atomic E-state index is 0.158. The average Bonchev–Trinajstić information content (AvgIpc) is 2.54. The number of aryl methyl sites for hydroxylation is 1. The summed E-state index contributed by atoms with van der Waals surface area (Å²) < 4.78 is 5.45. The average molecular weight is 362 g/mol. The zero-order chi connectivity index (χ0) is 17.6.